The van der Waals surface area contributed by atoms with Gasteiger partial charge in [0.1, 0.15) is 10.7 Å². The lowest BCUT2D eigenvalue weighted by Crippen LogP contribution is -2.06. The van der Waals surface area contributed by atoms with Gasteiger partial charge in [0.25, 0.3) is 5.24 Å². The average molecular weight is 390 g/mol. The first kappa shape index (κ1) is 17.3. The molecule has 0 aliphatic carbocycles. The molecule has 1 aromatic heterocycles. The molecule has 22 heavy (non-hydrogen) atoms. The van der Waals surface area contributed by atoms with Crippen LogP contribution in [0.1, 0.15) is 10.4 Å². The Hall–Kier alpha value is -1.08. The van der Waals surface area contributed by atoms with Crippen LogP contribution in [-0.2, 0) is 7.05 Å². The molecule has 4 nitrogen and oxygen atoms in total. The van der Waals surface area contributed by atoms with E-state index >= 15 is 0 Å². The van der Waals surface area contributed by atoms with Gasteiger partial charge in [0.2, 0.25) is 5.88 Å². The topological polar surface area (TPSA) is 44.1 Å². The number of rotatable bonds is 4. The first-order valence-electron chi connectivity index (χ1n) is 5.59. The minimum atomic E-state index is -3.07. The van der Waals surface area contributed by atoms with Crippen LogP contribution in [0.5, 0.6) is 5.88 Å². The van der Waals surface area contributed by atoms with Crippen molar-refractivity contribution in [3.05, 3.63) is 32.8 Å². The molecule has 1 heterocycles. The highest BCUT2D eigenvalue weighted by molar-refractivity contribution is 6.68. The average Bonchev–Trinajstić information content (AvgIpc) is 2.66. The Morgan fingerprint density at radius 1 is 1.27 bits per heavy atom. The number of hydrogen-bond donors (Lipinski definition) is 0. The summed E-state index contributed by atoms with van der Waals surface area (Å²) in [7, 11) is 1.37. The van der Waals surface area contributed by atoms with Crippen LogP contribution < -0.4 is 4.74 Å². The Morgan fingerprint density at radius 2 is 1.91 bits per heavy atom. The quantitative estimate of drug-likeness (QED) is 0.689. The fourth-order valence-electron chi connectivity index (χ4n) is 1.75. The smallest absolute Gasteiger partial charge is 0.388 e. The van der Waals surface area contributed by atoms with Gasteiger partial charge in [-0.15, -0.1) is 0 Å². The Balaban J connectivity index is 2.62. The lowest BCUT2D eigenvalue weighted by atomic mass is 10.1. The molecule has 0 aliphatic rings. The minimum absolute atomic E-state index is 0.0132. The largest absolute Gasteiger partial charge is 0.416 e. The van der Waals surface area contributed by atoms with Gasteiger partial charge in [-0.3, -0.25) is 4.79 Å². The number of aryl methyl sites for hydroxylation is 1. The molecular formula is C12H6Cl4F2N2O2. The lowest BCUT2D eigenvalue weighted by molar-refractivity contribution is -0.0552. The Bertz CT molecular complexity index is 749. The summed E-state index contributed by atoms with van der Waals surface area (Å²) in [5, 5.41) is 3.15. The summed E-state index contributed by atoms with van der Waals surface area (Å²) in [5.41, 5.74) is 0.251. The Kier molecular flexibility index (Phi) is 5.17. The summed E-state index contributed by atoms with van der Waals surface area (Å²) in [5.74, 6) is -0.337. The van der Waals surface area contributed by atoms with Crippen LogP contribution in [-0.4, -0.2) is 21.6 Å². The first-order valence-corrected chi connectivity index (χ1v) is 7.10. The van der Waals surface area contributed by atoms with Crippen molar-refractivity contribution < 1.29 is 18.3 Å². The van der Waals surface area contributed by atoms with Gasteiger partial charge in [0, 0.05) is 12.6 Å². The summed E-state index contributed by atoms with van der Waals surface area (Å²) in [4.78, 5) is 11.3. The summed E-state index contributed by atoms with van der Waals surface area (Å²) in [6.07, 6.45) is 0. The SMILES string of the molecule is Cn1nc(-c2cc(C(=O)Cl)c(Cl)cc2Cl)c(Cl)c1OC(F)F. The summed E-state index contributed by atoms with van der Waals surface area (Å²) < 4.78 is 30.1. The second-order valence-electron chi connectivity index (χ2n) is 4.06. The van der Waals surface area contributed by atoms with Crippen LogP contribution in [0.15, 0.2) is 12.1 Å². The highest BCUT2D eigenvalue weighted by Crippen LogP contribution is 2.40. The van der Waals surface area contributed by atoms with E-state index in [9.17, 15) is 13.6 Å². The fourth-order valence-corrected chi connectivity index (χ4v) is 2.82. The van der Waals surface area contributed by atoms with E-state index in [0.29, 0.717) is 0 Å². The van der Waals surface area contributed by atoms with E-state index in [-0.39, 0.29) is 37.8 Å². The number of carbonyl (C=O) groups excluding carboxylic acids is 1. The molecular weight excluding hydrogens is 384 g/mol. The standard InChI is InChI=1S/C12H6Cl4F2N2O2/c1-20-11(22-12(17)18)8(15)9(19-20)4-2-5(10(16)21)7(14)3-6(4)13/h2-3,12H,1H3. The molecule has 0 saturated heterocycles. The third-order valence-electron chi connectivity index (χ3n) is 2.66. The molecule has 0 amide bonds. The molecule has 2 rings (SSSR count). The van der Waals surface area contributed by atoms with Crippen LogP contribution in [0.2, 0.25) is 15.1 Å². The second-order valence-corrected chi connectivity index (χ2v) is 5.59. The summed E-state index contributed by atoms with van der Waals surface area (Å²) in [6.45, 7) is -3.07. The van der Waals surface area contributed by atoms with Crippen LogP contribution in [0.4, 0.5) is 8.78 Å². The Labute approximate surface area is 143 Å². The lowest BCUT2D eigenvalue weighted by Gasteiger charge is -2.06. The van der Waals surface area contributed by atoms with Crippen LogP contribution in [0.3, 0.4) is 0 Å². The highest BCUT2D eigenvalue weighted by Gasteiger charge is 2.23. The number of ether oxygens (including phenoxy) is 1. The predicted molar refractivity (Wildman–Crippen MR) is 80.5 cm³/mol. The van der Waals surface area contributed by atoms with Crippen molar-refractivity contribution in [2.75, 3.05) is 0 Å². The van der Waals surface area contributed by atoms with Gasteiger partial charge in [-0.1, -0.05) is 34.8 Å². The van der Waals surface area contributed by atoms with E-state index in [1.54, 1.807) is 0 Å². The molecule has 0 radical (unpaired) electrons. The molecule has 0 aliphatic heterocycles. The second kappa shape index (κ2) is 6.58. The maximum Gasteiger partial charge on any atom is 0.388 e. The van der Waals surface area contributed by atoms with Crippen molar-refractivity contribution in [1.82, 2.24) is 9.78 Å². The number of hydrogen-bond acceptors (Lipinski definition) is 3. The number of nitrogens with zero attached hydrogens (tertiary/aromatic N) is 2. The van der Waals surface area contributed by atoms with Gasteiger partial charge in [-0.05, 0) is 23.7 Å². The van der Waals surface area contributed by atoms with Gasteiger partial charge >= 0.3 is 6.61 Å². The number of aromatic nitrogens is 2. The zero-order valence-corrected chi connectivity index (χ0v) is 13.7. The molecule has 0 N–H and O–H groups in total. The first-order chi connectivity index (χ1) is 10.2. The van der Waals surface area contributed by atoms with Gasteiger partial charge in [-0.25, -0.2) is 4.68 Å². The van der Waals surface area contributed by atoms with Crippen LogP contribution in [0, 0.1) is 0 Å². The van der Waals surface area contributed by atoms with E-state index in [4.69, 9.17) is 46.4 Å². The van der Waals surface area contributed by atoms with Crippen molar-refractivity contribution in [3.63, 3.8) is 0 Å². The zero-order valence-electron chi connectivity index (χ0n) is 10.7. The summed E-state index contributed by atoms with van der Waals surface area (Å²) >= 11 is 23.3. The van der Waals surface area contributed by atoms with Crippen LogP contribution >= 0.6 is 46.4 Å². The van der Waals surface area contributed by atoms with Gasteiger partial charge in [-0.2, -0.15) is 13.9 Å². The molecule has 0 saturated carbocycles. The van der Waals surface area contributed by atoms with Crippen molar-refractivity contribution in [1.29, 1.82) is 0 Å². The van der Waals surface area contributed by atoms with E-state index < -0.39 is 11.9 Å². The number of alkyl halides is 2. The van der Waals surface area contributed by atoms with Crippen LogP contribution in [0.25, 0.3) is 11.3 Å². The molecule has 0 spiro atoms. The van der Waals surface area contributed by atoms with Gasteiger partial charge in [0.05, 0.1) is 15.6 Å². The minimum Gasteiger partial charge on any atom is -0.416 e. The van der Waals surface area contributed by atoms with E-state index in [1.807, 2.05) is 0 Å². The maximum atomic E-state index is 12.4. The number of halogens is 6. The number of benzene rings is 1. The van der Waals surface area contributed by atoms with Crippen molar-refractivity contribution in [2.45, 2.75) is 6.61 Å². The molecule has 2 aromatic rings. The normalized spacial score (nSPS) is 11.1. The highest BCUT2D eigenvalue weighted by atomic mass is 35.5. The van der Waals surface area contributed by atoms with Gasteiger partial charge in [0.15, 0.2) is 0 Å². The van der Waals surface area contributed by atoms with Gasteiger partial charge < -0.3 is 4.74 Å². The van der Waals surface area contributed by atoms with E-state index in [1.165, 1.54) is 19.2 Å². The third-order valence-corrected chi connectivity index (χ3v) is 3.83. The van der Waals surface area contributed by atoms with Crippen molar-refractivity contribution >= 4 is 51.6 Å². The fraction of sp³-hybridized carbons (Fsp3) is 0.167. The molecule has 0 bridgehead atoms. The molecule has 1 aromatic carbocycles. The summed E-state index contributed by atoms with van der Waals surface area (Å²) in [6, 6.07) is 2.56. The third kappa shape index (κ3) is 3.30. The molecule has 118 valence electrons. The van der Waals surface area contributed by atoms with Crippen molar-refractivity contribution in [2.24, 2.45) is 7.05 Å². The molecule has 0 unspecified atom stereocenters. The predicted octanol–water partition coefficient (Wildman–Crippen LogP) is 5.03. The van der Waals surface area contributed by atoms with E-state index in [2.05, 4.69) is 9.84 Å². The molecule has 10 heteroatoms. The zero-order chi connectivity index (χ0) is 16.6. The maximum absolute atomic E-state index is 12.4. The van der Waals surface area contributed by atoms with Crippen molar-refractivity contribution in [3.8, 4) is 17.1 Å². The molecule has 0 atom stereocenters. The monoisotopic (exact) mass is 388 g/mol. The molecule has 0 fully saturated rings. The van der Waals surface area contributed by atoms with E-state index in [0.717, 1.165) is 4.68 Å². The number of carbonyl (C=O) groups is 1. The Morgan fingerprint density at radius 3 is 2.45 bits per heavy atom.